The molecular formula is C21H31N3O6. The van der Waals surface area contributed by atoms with Crippen LogP contribution in [0.2, 0.25) is 0 Å². The molecule has 2 N–H and O–H groups in total. The number of methoxy groups -OCH3 is 1. The van der Waals surface area contributed by atoms with Crippen molar-refractivity contribution in [3.05, 3.63) is 24.3 Å². The second kappa shape index (κ2) is 12.0. The Morgan fingerprint density at radius 1 is 1.23 bits per heavy atom. The minimum Gasteiger partial charge on any atom is -0.491 e. The van der Waals surface area contributed by atoms with Gasteiger partial charge in [0, 0.05) is 25.9 Å². The number of carbonyl (C=O) groups is 3. The molecule has 1 fully saturated rings. The number of hydrogen-bond acceptors (Lipinski definition) is 7. The van der Waals surface area contributed by atoms with Crippen LogP contribution in [0, 0.1) is 5.92 Å². The van der Waals surface area contributed by atoms with Crippen LogP contribution in [0.3, 0.4) is 0 Å². The third-order valence-electron chi connectivity index (χ3n) is 4.44. The van der Waals surface area contributed by atoms with E-state index < -0.39 is 12.0 Å². The monoisotopic (exact) mass is 421 g/mol. The van der Waals surface area contributed by atoms with Crippen molar-refractivity contribution < 1.29 is 28.6 Å². The lowest BCUT2D eigenvalue weighted by atomic mass is 10.1. The van der Waals surface area contributed by atoms with Gasteiger partial charge < -0.3 is 29.7 Å². The molecule has 30 heavy (non-hydrogen) atoms. The van der Waals surface area contributed by atoms with Crippen LogP contribution in [-0.4, -0.2) is 75.3 Å². The first-order valence-electron chi connectivity index (χ1n) is 10.1. The number of benzene rings is 1. The zero-order chi connectivity index (χ0) is 21.9. The highest BCUT2D eigenvalue weighted by Gasteiger charge is 2.35. The van der Waals surface area contributed by atoms with Crippen molar-refractivity contribution in [3.63, 3.8) is 0 Å². The molecule has 0 spiro atoms. The molecule has 9 nitrogen and oxygen atoms in total. The summed E-state index contributed by atoms with van der Waals surface area (Å²) in [5.74, 6) is -0.175. The van der Waals surface area contributed by atoms with Crippen molar-refractivity contribution in [1.82, 2.24) is 10.2 Å². The van der Waals surface area contributed by atoms with Gasteiger partial charge in [-0.15, -0.1) is 0 Å². The third kappa shape index (κ3) is 7.55. The first-order chi connectivity index (χ1) is 14.4. The van der Waals surface area contributed by atoms with Gasteiger partial charge in [0.05, 0.1) is 26.2 Å². The fourth-order valence-corrected chi connectivity index (χ4v) is 2.88. The Bertz CT molecular complexity index is 707. The van der Waals surface area contributed by atoms with Crippen molar-refractivity contribution in [2.45, 2.75) is 26.3 Å². The lowest BCUT2D eigenvalue weighted by Crippen LogP contribution is -2.58. The molecule has 1 aliphatic rings. The molecule has 2 amide bonds. The van der Waals surface area contributed by atoms with Crippen molar-refractivity contribution >= 4 is 23.5 Å². The van der Waals surface area contributed by atoms with Crippen LogP contribution in [0.15, 0.2) is 24.3 Å². The quantitative estimate of drug-likeness (QED) is 0.406. The molecule has 0 radical (unpaired) electrons. The van der Waals surface area contributed by atoms with Crippen LogP contribution in [-0.2, 0) is 23.9 Å². The molecule has 1 heterocycles. The van der Waals surface area contributed by atoms with Crippen molar-refractivity contribution in [2.24, 2.45) is 5.92 Å². The average molecular weight is 421 g/mol. The molecule has 1 aromatic rings. The highest BCUT2D eigenvalue weighted by Crippen LogP contribution is 2.16. The van der Waals surface area contributed by atoms with Gasteiger partial charge >= 0.3 is 5.97 Å². The van der Waals surface area contributed by atoms with Crippen molar-refractivity contribution in [2.75, 3.05) is 51.9 Å². The number of esters is 1. The number of carbonyl (C=O) groups excluding carboxylic acids is 3. The van der Waals surface area contributed by atoms with E-state index in [-0.39, 0.29) is 37.3 Å². The van der Waals surface area contributed by atoms with E-state index in [0.29, 0.717) is 32.1 Å². The van der Waals surface area contributed by atoms with Crippen LogP contribution < -0.4 is 15.4 Å². The molecule has 166 valence electrons. The number of hydrogen-bond donors (Lipinski definition) is 2. The van der Waals surface area contributed by atoms with E-state index in [1.807, 2.05) is 13.8 Å². The lowest BCUT2D eigenvalue weighted by molar-refractivity contribution is -0.152. The summed E-state index contributed by atoms with van der Waals surface area (Å²) in [6.07, 6.45) is -0.155. The van der Waals surface area contributed by atoms with Gasteiger partial charge in [-0.2, -0.15) is 0 Å². The molecule has 1 aromatic carbocycles. The Kier molecular flexibility index (Phi) is 9.40. The Morgan fingerprint density at radius 2 is 1.97 bits per heavy atom. The summed E-state index contributed by atoms with van der Waals surface area (Å²) in [5.41, 5.74) is 0.747. The van der Waals surface area contributed by atoms with Crippen LogP contribution in [0.4, 0.5) is 5.69 Å². The minimum atomic E-state index is -0.857. The van der Waals surface area contributed by atoms with E-state index in [0.717, 1.165) is 5.69 Å². The predicted octanol–water partition coefficient (Wildman–Crippen LogP) is 1.04. The predicted molar refractivity (Wildman–Crippen MR) is 111 cm³/mol. The molecule has 0 bridgehead atoms. The van der Waals surface area contributed by atoms with E-state index in [1.165, 1.54) is 4.90 Å². The fraction of sp³-hybridized carbons (Fsp3) is 0.571. The largest absolute Gasteiger partial charge is 0.491 e. The highest BCUT2D eigenvalue weighted by molar-refractivity contribution is 5.93. The van der Waals surface area contributed by atoms with Gasteiger partial charge in [0.15, 0.2) is 0 Å². The van der Waals surface area contributed by atoms with E-state index in [9.17, 15) is 14.4 Å². The maximum absolute atomic E-state index is 12.7. The van der Waals surface area contributed by atoms with E-state index in [1.54, 1.807) is 31.4 Å². The van der Waals surface area contributed by atoms with Gasteiger partial charge in [0.2, 0.25) is 11.8 Å². The molecule has 1 saturated heterocycles. The molecule has 0 aliphatic carbocycles. The smallest absolute Gasteiger partial charge is 0.308 e. The summed E-state index contributed by atoms with van der Waals surface area (Å²) >= 11 is 0. The Labute approximate surface area is 177 Å². The first kappa shape index (κ1) is 23.5. The maximum atomic E-state index is 12.7. The number of ether oxygens (including phenoxy) is 3. The molecule has 0 saturated carbocycles. The number of nitrogens with one attached hydrogen (secondary N) is 2. The molecule has 1 aliphatic heterocycles. The van der Waals surface area contributed by atoms with Gasteiger partial charge in [0.25, 0.3) is 0 Å². The molecule has 1 unspecified atom stereocenters. The second-order valence-corrected chi connectivity index (χ2v) is 7.39. The zero-order valence-electron chi connectivity index (χ0n) is 17.8. The SMILES string of the molecule is COCCOc1ccc(NCC(=O)N2CCNC(=O)C2CC(=O)OCC(C)C)cc1. The summed E-state index contributed by atoms with van der Waals surface area (Å²) in [5, 5.41) is 5.75. The van der Waals surface area contributed by atoms with Crippen LogP contribution in [0.25, 0.3) is 0 Å². The molecule has 2 rings (SSSR count). The lowest BCUT2D eigenvalue weighted by Gasteiger charge is -2.34. The molecule has 9 heteroatoms. The van der Waals surface area contributed by atoms with Crippen LogP contribution >= 0.6 is 0 Å². The van der Waals surface area contributed by atoms with Gasteiger partial charge in [-0.05, 0) is 30.2 Å². The van der Waals surface area contributed by atoms with Crippen LogP contribution in [0.1, 0.15) is 20.3 Å². The summed E-state index contributed by atoms with van der Waals surface area (Å²) in [7, 11) is 1.61. The topological polar surface area (TPSA) is 106 Å². The number of piperazine rings is 1. The molecule has 0 aromatic heterocycles. The van der Waals surface area contributed by atoms with Gasteiger partial charge in [0.1, 0.15) is 18.4 Å². The molecule has 1 atom stereocenters. The minimum absolute atomic E-state index is 0.00863. The normalized spacial score (nSPS) is 16.2. The summed E-state index contributed by atoms with van der Waals surface area (Å²) in [6, 6.07) is 6.34. The first-order valence-corrected chi connectivity index (χ1v) is 10.1. The number of nitrogens with zero attached hydrogens (tertiary/aromatic N) is 1. The Balaban J connectivity index is 1.88. The number of rotatable bonds is 11. The summed E-state index contributed by atoms with van der Waals surface area (Å²) in [6.45, 7) is 5.82. The second-order valence-electron chi connectivity index (χ2n) is 7.39. The van der Waals surface area contributed by atoms with E-state index in [4.69, 9.17) is 14.2 Å². The number of amides is 2. The Morgan fingerprint density at radius 3 is 2.63 bits per heavy atom. The number of anilines is 1. The summed E-state index contributed by atoms with van der Waals surface area (Å²) < 4.78 is 15.6. The third-order valence-corrected chi connectivity index (χ3v) is 4.44. The van der Waals surface area contributed by atoms with E-state index >= 15 is 0 Å². The van der Waals surface area contributed by atoms with Gasteiger partial charge in [-0.25, -0.2) is 0 Å². The zero-order valence-corrected chi connectivity index (χ0v) is 17.8. The average Bonchev–Trinajstić information content (AvgIpc) is 2.73. The van der Waals surface area contributed by atoms with Crippen molar-refractivity contribution in [1.29, 1.82) is 0 Å². The molecular weight excluding hydrogens is 390 g/mol. The van der Waals surface area contributed by atoms with Crippen molar-refractivity contribution in [3.8, 4) is 5.75 Å². The Hall–Kier alpha value is -2.81. The van der Waals surface area contributed by atoms with Gasteiger partial charge in [-0.3, -0.25) is 14.4 Å². The van der Waals surface area contributed by atoms with Crippen LogP contribution in [0.5, 0.6) is 5.75 Å². The highest BCUT2D eigenvalue weighted by atomic mass is 16.5. The standard InChI is InChI=1S/C21H31N3O6/c1-15(2)14-30-20(26)12-18-21(27)22-8-9-24(18)19(25)13-23-16-4-6-17(7-5-16)29-11-10-28-3/h4-7,15,18,23H,8-14H2,1-3H3,(H,22,27). The van der Waals surface area contributed by atoms with E-state index in [2.05, 4.69) is 10.6 Å². The maximum Gasteiger partial charge on any atom is 0.308 e. The van der Waals surface area contributed by atoms with Gasteiger partial charge in [-0.1, -0.05) is 13.8 Å². The fourth-order valence-electron chi connectivity index (χ4n) is 2.88. The summed E-state index contributed by atoms with van der Waals surface area (Å²) in [4.78, 5) is 38.5.